The number of methoxy groups -OCH3 is 3. The summed E-state index contributed by atoms with van der Waals surface area (Å²) in [5, 5.41) is 2.84. The van der Waals surface area contributed by atoms with Crippen LogP contribution in [0.5, 0.6) is 17.2 Å². The first-order valence-electron chi connectivity index (χ1n) is 11.9. The highest BCUT2D eigenvalue weighted by atomic mass is 16.5. The highest BCUT2D eigenvalue weighted by Crippen LogP contribution is 2.36. The molecule has 2 atom stereocenters. The standard InChI is InChI=1S/C26H32N4O6/c1-5-36-25(32)22-23(17-9-10-20(34-3)21(15-17)35-4)27-26(28-24(22)31)30-13-11-29(12-14-30)18-7-6-8-19(16-18)33-2/h6-10,15-16,22-23H,5,11-14H2,1-4H3,(H,27,28,31). The first-order chi connectivity index (χ1) is 17.5. The molecule has 2 aliphatic rings. The lowest BCUT2D eigenvalue weighted by Gasteiger charge is -2.39. The molecule has 2 heterocycles. The van der Waals surface area contributed by atoms with Crippen molar-refractivity contribution in [3.05, 3.63) is 48.0 Å². The molecule has 0 aliphatic carbocycles. The lowest BCUT2D eigenvalue weighted by atomic mass is 9.91. The van der Waals surface area contributed by atoms with Gasteiger partial charge in [-0.25, -0.2) is 4.99 Å². The van der Waals surface area contributed by atoms with Gasteiger partial charge in [-0.3, -0.25) is 14.9 Å². The Hall–Kier alpha value is -3.95. The van der Waals surface area contributed by atoms with E-state index in [0.29, 0.717) is 36.1 Å². The Balaban J connectivity index is 1.59. The van der Waals surface area contributed by atoms with Crippen molar-refractivity contribution in [1.82, 2.24) is 10.2 Å². The molecule has 1 amide bonds. The van der Waals surface area contributed by atoms with E-state index in [1.165, 1.54) is 7.11 Å². The van der Waals surface area contributed by atoms with Crippen LogP contribution in [0.2, 0.25) is 0 Å². The number of hydrogen-bond donors (Lipinski definition) is 1. The fourth-order valence-electron chi connectivity index (χ4n) is 4.49. The monoisotopic (exact) mass is 496 g/mol. The number of esters is 1. The van der Waals surface area contributed by atoms with Gasteiger partial charge in [0.25, 0.3) is 0 Å². The molecule has 192 valence electrons. The van der Waals surface area contributed by atoms with Crippen LogP contribution in [0.15, 0.2) is 47.5 Å². The molecule has 2 aromatic carbocycles. The average molecular weight is 497 g/mol. The summed E-state index contributed by atoms with van der Waals surface area (Å²) in [5.74, 6) is 0.144. The summed E-state index contributed by atoms with van der Waals surface area (Å²) in [6.45, 7) is 4.66. The molecule has 36 heavy (non-hydrogen) atoms. The molecule has 0 spiro atoms. The number of carbonyl (C=O) groups excluding carboxylic acids is 2. The molecule has 4 rings (SSSR count). The second-order valence-corrected chi connectivity index (χ2v) is 8.41. The van der Waals surface area contributed by atoms with E-state index in [1.807, 2.05) is 23.1 Å². The molecular weight excluding hydrogens is 464 g/mol. The zero-order valence-corrected chi connectivity index (χ0v) is 21.0. The van der Waals surface area contributed by atoms with E-state index in [-0.39, 0.29) is 6.61 Å². The molecule has 0 radical (unpaired) electrons. The van der Waals surface area contributed by atoms with Gasteiger partial charge in [-0.2, -0.15) is 0 Å². The van der Waals surface area contributed by atoms with E-state index < -0.39 is 23.8 Å². The molecule has 0 aromatic heterocycles. The van der Waals surface area contributed by atoms with Gasteiger partial charge in [0.05, 0.1) is 27.9 Å². The van der Waals surface area contributed by atoms with Gasteiger partial charge in [0.15, 0.2) is 17.4 Å². The molecule has 0 saturated carbocycles. The summed E-state index contributed by atoms with van der Waals surface area (Å²) in [6, 6.07) is 12.5. The Labute approximate surface area is 210 Å². The van der Waals surface area contributed by atoms with Gasteiger partial charge < -0.3 is 28.7 Å². The second-order valence-electron chi connectivity index (χ2n) is 8.41. The zero-order chi connectivity index (χ0) is 25.7. The fourth-order valence-corrected chi connectivity index (χ4v) is 4.49. The predicted molar refractivity (Wildman–Crippen MR) is 135 cm³/mol. The number of piperazine rings is 1. The van der Waals surface area contributed by atoms with Crippen molar-refractivity contribution in [3.63, 3.8) is 0 Å². The number of ether oxygens (including phenoxy) is 4. The molecule has 0 bridgehead atoms. The molecule has 1 fully saturated rings. The minimum atomic E-state index is -1.11. The summed E-state index contributed by atoms with van der Waals surface area (Å²) in [7, 11) is 4.74. The highest BCUT2D eigenvalue weighted by Gasteiger charge is 2.42. The Bertz CT molecular complexity index is 1130. The maximum Gasteiger partial charge on any atom is 0.321 e. The lowest BCUT2D eigenvalue weighted by Crippen LogP contribution is -2.57. The number of nitrogens with zero attached hydrogens (tertiary/aromatic N) is 3. The van der Waals surface area contributed by atoms with Crippen molar-refractivity contribution < 1.29 is 28.5 Å². The maximum atomic E-state index is 13.2. The number of anilines is 1. The Morgan fingerprint density at radius 3 is 2.36 bits per heavy atom. The van der Waals surface area contributed by atoms with Crippen molar-refractivity contribution in [2.45, 2.75) is 13.0 Å². The fraction of sp³-hybridized carbons (Fsp3) is 0.423. The number of nitrogens with one attached hydrogen (secondary N) is 1. The molecule has 10 heteroatoms. The van der Waals surface area contributed by atoms with Crippen LogP contribution in [0.25, 0.3) is 0 Å². The summed E-state index contributed by atoms with van der Waals surface area (Å²) in [4.78, 5) is 35.1. The van der Waals surface area contributed by atoms with E-state index in [4.69, 9.17) is 23.9 Å². The third-order valence-electron chi connectivity index (χ3n) is 6.38. The third-order valence-corrected chi connectivity index (χ3v) is 6.38. The van der Waals surface area contributed by atoms with E-state index >= 15 is 0 Å². The van der Waals surface area contributed by atoms with Gasteiger partial charge in [-0.1, -0.05) is 12.1 Å². The van der Waals surface area contributed by atoms with E-state index in [9.17, 15) is 9.59 Å². The summed E-state index contributed by atoms with van der Waals surface area (Å²) < 4.78 is 21.3. The minimum Gasteiger partial charge on any atom is -0.497 e. The van der Waals surface area contributed by atoms with Crippen LogP contribution in [0.4, 0.5) is 5.69 Å². The van der Waals surface area contributed by atoms with Crippen LogP contribution in [-0.2, 0) is 14.3 Å². The van der Waals surface area contributed by atoms with Crippen LogP contribution in [0.3, 0.4) is 0 Å². The van der Waals surface area contributed by atoms with Crippen molar-refractivity contribution in [3.8, 4) is 17.2 Å². The van der Waals surface area contributed by atoms with E-state index in [1.54, 1.807) is 39.3 Å². The van der Waals surface area contributed by atoms with Gasteiger partial charge in [0.1, 0.15) is 11.8 Å². The van der Waals surface area contributed by atoms with Crippen LogP contribution in [0, 0.1) is 5.92 Å². The van der Waals surface area contributed by atoms with Crippen molar-refractivity contribution in [2.75, 3.05) is 59.0 Å². The highest BCUT2D eigenvalue weighted by molar-refractivity contribution is 6.08. The normalized spacial score (nSPS) is 19.8. The number of hydrogen-bond acceptors (Lipinski definition) is 9. The molecular formula is C26H32N4O6. The van der Waals surface area contributed by atoms with Crippen molar-refractivity contribution in [2.24, 2.45) is 10.9 Å². The van der Waals surface area contributed by atoms with Crippen LogP contribution < -0.4 is 24.4 Å². The minimum absolute atomic E-state index is 0.171. The number of guanidine groups is 1. The van der Waals surface area contributed by atoms with E-state index in [0.717, 1.165) is 24.5 Å². The summed E-state index contributed by atoms with van der Waals surface area (Å²) in [6.07, 6.45) is 0. The number of aliphatic imine (C=N–C) groups is 1. The topological polar surface area (TPSA) is 102 Å². The van der Waals surface area contributed by atoms with Gasteiger partial charge in [-0.05, 0) is 36.8 Å². The number of rotatable bonds is 7. The molecule has 2 unspecified atom stereocenters. The molecule has 2 aromatic rings. The summed E-state index contributed by atoms with van der Waals surface area (Å²) >= 11 is 0. The predicted octanol–water partition coefficient (Wildman–Crippen LogP) is 2.24. The van der Waals surface area contributed by atoms with Gasteiger partial charge in [-0.15, -0.1) is 0 Å². The average Bonchev–Trinajstić information content (AvgIpc) is 2.92. The number of benzene rings is 2. The second kappa shape index (κ2) is 11.2. The maximum absolute atomic E-state index is 13.2. The van der Waals surface area contributed by atoms with Crippen LogP contribution in [-0.4, -0.2) is 76.9 Å². The molecule has 1 saturated heterocycles. The quantitative estimate of drug-likeness (QED) is 0.460. The Kier molecular flexibility index (Phi) is 7.82. The Morgan fingerprint density at radius 2 is 1.69 bits per heavy atom. The SMILES string of the molecule is CCOC(=O)C1C(=O)NC(N2CCN(c3cccc(OC)c3)CC2)=NC1c1ccc(OC)c(OC)c1. The zero-order valence-electron chi connectivity index (χ0n) is 21.0. The Morgan fingerprint density at radius 1 is 0.972 bits per heavy atom. The first kappa shape index (κ1) is 25.2. The van der Waals surface area contributed by atoms with Crippen LogP contribution in [0.1, 0.15) is 18.5 Å². The largest absolute Gasteiger partial charge is 0.497 e. The summed E-state index contributed by atoms with van der Waals surface area (Å²) in [5.41, 5.74) is 1.74. The number of amides is 1. The number of carbonyl (C=O) groups is 2. The third kappa shape index (κ3) is 5.17. The molecule has 10 nitrogen and oxygen atoms in total. The molecule has 1 N–H and O–H groups in total. The van der Waals surface area contributed by atoms with Crippen LogP contribution >= 0.6 is 0 Å². The van der Waals surface area contributed by atoms with Crippen molar-refractivity contribution >= 4 is 23.5 Å². The van der Waals surface area contributed by atoms with E-state index in [2.05, 4.69) is 16.3 Å². The smallest absolute Gasteiger partial charge is 0.321 e. The van der Waals surface area contributed by atoms with Crippen molar-refractivity contribution in [1.29, 1.82) is 0 Å². The lowest BCUT2D eigenvalue weighted by molar-refractivity contribution is -0.153. The van der Waals surface area contributed by atoms with Gasteiger partial charge in [0.2, 0.25) is 11.9 Å². The molecule has 2 aliphatic heterocycles. The van der Waals surface area contributed by atoms with Gasteiger partial charge >= 0.3 is 5.97 Å². The van der Waals surface area contributed by atoms with Gasteiger partial charge in [0, 0.05) is 37.9 Å². The first-order valence-corrected chi connectivity index (χ1v) is 11.9.